The summed E-state index contributed by atoms with van der Waals surface area (Å²) in [6.07, 6.45) is 3.90. The summed E-state index contributed by atoms with van der Waals surface area (Å²) in [5, 5.41) is 14.6. The molecule has 2 aromatic heterocycles. The molecule has 8 heteroatoms. The molecule has 0 bridgehead atoms. The van der Waals surface area contributed by atoms with Crippen LogP contribution in [0.3, 0.4) is 0 Å². The van der Waals surface area contributed by atoms with Gasteiger partial charge in [0.05, 0.1) is 34.7 Å². The largest absolute Gasteiger partial charge is 0.453 e. The van der Waals surface area contributed by atoms with Gasteiger partial charge in [-0.05, 0) is 74.0 Å². The number of aromatic nitrogens is 3. The van der Waals surface area contributed by atoms with Gasteiger partial charge in [0.25, 0.3) is 5.91 Å². The number of aromatic amines is 1. The quantitative estimate of drug-likeness (QED) is 0.252. The number of ether oxygens (including phenoxy) is 1. The Labute approximate surface area is 215 Å². The number of rotatable bonds is 7. The van der Waals surface area contributed by atoms with E-state index in [0.29, 0.717) is 11.3 Å². The van der Waals surface area contributed by atoms with Crippen molar-refractivity contribution in [2.45, 2.75) is 20.8 Å². The van der Waals surface area contributed by atoms with Crippen LogP contribution in [0.2, 0.25) is 0 Å². The predicted octanol–water partition coefficient (Wildman–Crippen LogP) is 4.79. The molecule has 0 aliphatic rings. The van der Waals surface area contributed by atoms with Crippen molar-refractivity contribution in [1.82, 2.24) is 20.5 Å². The lowest BCUT2D eigenvalue weighted by atomic mass is 10.1. The molecule has 3 N–H and O–H groups in total. The van der Waals surface area contributed by atoms with Gasteiger partial charge in [-0.2, -0.15) is 5.10 Å². The SMILES string of the molecule is CC(=O)OCC#CCNC(=O)c1ccccc1Nc1ccc2c(C=Cc3cc(C)cc(C)n3)n[nH]c2c1. The summed E-state index contributed by atoms with van der Waals surface area (Å²) in [5.74, 6) is 4.78. The summed E-state index contributed by atoms with van der Waals surface area (Å²) in [6.45, 7) is 5.49. The number of nitrogens with zero attached hydrogens (tertiary/aromatic N) is 2. The molecule has 0 unspecified atom stereocenters. The molecule has 0 aliphatic heterocycles. The molecular formula is C29H27N5O3. The number of carbonyl (C=O) groups excluding carboxylic acids is 2. The number of H-pyrrole nitrogens is 1. The molecule has 1 amide bonds. The fraction of sp³-hybridized carbons (Fsp3) is 0.172. The Bertz CT molecular complexity index is 1520. The molecule has 37 heavy (non-hydrogen) atoms. The monoisotopic (exact) mass is 493 g/mol. The van der Waals surface area contributed by atoms with E-state index in [1.54, 1.807) is 12.1 Å². The Kier molecular flexibility index (Phi) is 7.96. The molecule has 0 spiro atoms. The molecule has 8 nitrogen and oxygen atoms in total. The minimum Gasteiger partial charge on any atom is -0.453 e. The summed E-state index contributed by atoms with van der Waals surface area (Å²) >= 11 is 0. The topological polar surface area (TPSA) is 109 Å². The van der Waals surface area contributed by atoms with Crippen LogP contribution >= 0.6 is 0 Å². The van der Waals surface area contributed by atoms with Gasteiger partial charge in [-0.3, -0.25) is 19.7 Å². The molecule has 186 valence electrons. The van der Waals surface area contributed by atoms with E-state index >= 15 is 0 Å². The lowest BCUT2D eigenvalue weighted by Gasteiger charge is -2.11. The normalized spacial score (nSPS) is 10.7. The van der Waals surface area contributed by atoms with Gasteiger partial charge in [0.1, 0.15) is 0 Å². The van der Waals surface area contributed by atoms with E-state index in [4.69, 9.17) is 4.74 Å². The zero-order valence-electron chi connectivity index (χ0n) is 20.9. The predicted molar refractivity (Wildman–Crippen MR) is 145 cm³/mol. The van der Waals surface area contributed by atoms with E-state index < -0.39 is 5.97 Å². The first-order valence-electron chi connectivity index (χ1n) is 11.7. The smallest absolute Gasteiger partial charge is 0.303 e. The van der Waals surface area contributed by atoms with Crippen LogP contribution in [0.4, 0.5) is 11.4 Å². The minimum absolute atomic E-state index is 0.000579. The van der Waals surface area contributed by atoms with Gasteiger partial charge in [0.15, 0.2) is 6.61 Å². The van der Waals surface area contributed by atoms with Crippen LogP contribution in [0.5, 0.6) is 0 Å². The second-order valence-electron chi connectivity index (χ2n) is 8.40. The highest BCUT2D eigenvalue weighted by Crippen LogP contribution is 2.26. The maximum atomic E-state index is 12.7. The van der Waals surface area contributed by atoms with Crippen molar-refractivity contribution in [2.75, 3.05) is 18.5 Å². The van der Waals surface area contributed by atoms with Crippen LogP contribution in [0.1, 0.15) is 39.9 Å². The second-order valence-corrected chi connectivity index (χ2v) is 8.40. The molecule has 0 fully saturated rings. The van der Waals surface area contributed by atoms with Gasteiger partial charge >= 0.3 is 5.97 Å². The molecule has 0 aliphatic carbocycles. The lowest BCUT2D eigenvalue weighted by molar-refractivity contribution is -0.139. The highest BCUT2D eigenvalue weighted by Gasteiger charge is 2.11. The lowest BCUT2D eigenvalue weighted by Crippen LogP contribution is -2.24. The van der Waals surface area contributed by atoms with E-state index in [9.17, 15) is 9.59 Å². The number of benzene rings is 2. The number of nitrogens with one attached hydrogen (secondary N) is 3. The Hall–Kier alpha value is -4.90. The van der Waals surface area contributed by atoms with Crippen LogP contribution in [-0.2, 0) is 9.53 Å². The zero-order valence-corrected chi connectivity index (χ0v) is 20.9. The number of para-hydroxylation sites is 1. The summed E-state index contributed by atoms with van der Waals surface area (Å²) in [6, 6.07) is 17.2. The summed E-state index contributed by atoms with van der Waals surface area (Å²) in [4.78, 5) is 28.0. The van der Waals surface area contributed by atoms with Crippen LogP contribution in [-0.4, -0.2) is 40.2 Å². The third-order valence-corrected chi connectivity index (χ3v) is 5.38. The van der Waals surface area contributed by atoms with Gasteiger partial charge in [0.2, 0.25) is 0 Å². The molecule has 0 saturated heterocycles. The average molecular weight is 494 g/mol. The third-order valence-electron chi connectivity index (χ3n) is 5.38. The molecule has 2 heterocycles. The van der Waals surface area contributed by atoms with Gasteiger partial charge in [0, 0.05) is 23.7 Å². The van der Waals surface area contributed by atoms with E-state index in [1.807, 2.05) is 61.5 Å². The molecule has 0 radical (unpaired) electrons. The number of aryl methyl sites for hydroxylation is 2. The second kappa shape index (κ2) is 11.7. The number of esters is 1. The summed E-state index contributed by atoms with van der Waals surface area (Å²) < 4.78 is 4.74. The number of hydrogen-bond acceptors (Lipinski definition) is 6. The third kappa shape index (κ3) is 6.83. The fourth-order valence-electron chi connectivity index (χ4n) is 3.78. The molecule has 2 aromatic carbocycles. The Balaban J connectivity index is 1.45. The minimum atomic E-state index is -0.394. The first kappa shape index (κ1) is 25.2. The van der Waals surface area contributed by atoms with Gasteiger partial charge in [-0.25, -0.2) is 0 Å². The maximum Gasteiger partial charge on any atom is 0.303 e. The molecular weight excluding hydrogens is 466 g/mol. The van der Waals surface area contributed by atoms with Crippen molar-refractivity contribution in [3.8, 4) is 11.8 Å². The van der Waals surface area contributed by atoms with E-state index in [1.165, 1.54) is 6.92 Å². The van der Waals surface area contributed by atoms with Crippen LogP contribution < -0.4 is 10.6 Å². The van der Waals surface area contributed by atoms with Gasteiger partial charge in [-0.15, -0.1) is 0 Å². The van der Waals surface area contributed by atoms with E-state index in [2.05, 4.69) is 44.6 Å². The van der Waals surface area contributed by atoms with E-state index in [0.717, 1.165) is 39.2 Å². The Morgan fingerprint density at radius 1 is 1.05 bits per heavy atom. The molecule has 4 rings (SSSR count). The van der Waals surface area contributed by atoms with Crippen LogP contribution in [0.25, 0.3) is 23.1 Å². The van der Waals surface area contributed by atoms with Crippen molar-refractivity contribution < 1.29 is 14.3 Å². The van der Waals surface area contributed by atoms with Crippen molar-refractivity contribution in [2.24, 2.45) is 0 Å². The molecule has 4 aromatic rings. The zero-order chi connectivity index (χ0) is 26.2. The van der Waals surface area contributed by atoms with Crippen molar-refractivity contribution in [3.05, 3.63) is 82.8 Å². The van der Waals surface area contributed by atoms with Crippen molar-refractivity contribution >= 4 is 46.3 Å². The first-order chi connectivity index (χ1) is 17.9. The van der Waals surface area contributed by atoms with Crippen molar-refractivity contribution in [3.63, 3.8) is 0 Å². The number of pyridine rings is 1. The Morgan fingerprint density at radius 3 is 2.70 bits per heavy atom. The number of anilines is 2. The number of amides is 1. The summed E-state index contributed by atoms with van der Waals surface area (Å²) in [5.41, 5.74) is 6.66. The Morgan fingerprint density at radius 2 is 1.89 bits per heavy atom. The average Bonchev–Trinajstić information content (AvgIpc) is 3.26. The van der Waals surface area contributed by atoms with Gasteiger partial charge < -0.3 is 15.4 Å². The standard InChI is InChI=1S/C29H27N5O3/c1-19-16-20(2)31-22(17-19)11-13-27-24-12-10-23(18-28(24)34-33-27)32-26-9-5-4-8-25(26)29(36)30-14-6-7-15-37-21(3)35/h4-5,8-13,16-18,32H,14-15H2,1-3H3,(H,30,36)(H,33,34). The number of fused-ring (bicyclic) bond motifs is 1. The number of hydrogen-bond donors (Lipinski definition) is 3. The highest BCUT2D eigenvalue weighted by molar-refractivity contribution is 6.01. The van der Waals surface area contributed by atoms with E-state index in [-0.39, 0.29) is 19.1 Å². The van der Waals surface area contributed by atoms with Crippen LogP contribution in [0, 0.1) is 25.7 Å². The number of carbonyl (C=O) groups is 2. The highest BCUT2D eigenvalue weighted by atomic mass is 16.5. The van der Waals surface area contributed by atoms with Crippen LogP contribution in [0.15, 0.2) is 54.6 Å². The van der Waals surface area contributed by atoms with Crippen molar-refractivity contribution in [1.29, 1.82) is 0 Å². The molecule has 0 saturated carbocycles. The molecule has 0 atom stereocenters. The fourth-order valence-corrected chi connectivity index (χ4v) is 3.78. The maximum absolute atomic E-state index is 12.7. The first-order valence-corrected chi connectivity index (χ1v) is 11.7. The van der Waals surface area contributed by atoms with Gasteiger partial charge in [-0.1, -0.05) is 24.0 Å². The summed E-state index contributed by atoms with van der Waals surface area (Å²) in [7, 11) is 0.